The lowest BCUT2D eigenvalue weighted by Crippen LogP contribution is -2.42. The minimum Gasteiger partial charge on any atom is -0.497 e. The molecule has 0 saturated carbocycles. The maximum absolute atomic E-state index is 5.95. The Morgan fingerprint density at radius 2 is 2.04 bits per heavy atom. The summed E-state index contributed by atoms with van der Waals surface area (Å²) in [6.45, 7) is 8.48. The van der Waals surface area contributed by atoms with Gasteiger partial charge in [0.05, 0.1) is 19.7 Å². The highest BCUT2D eigenvalue weighted by Gasteiger charge is 2.26. The van der Waals surface area contributed by atoms with Crippen LogP contribution in [-0.2, 0) is 6.54 Å². The maximum atomic E-state index is 5.95. The lowest BCUT2D eigenvalue weighted by Gasteiger charge is -2.26. The van der Waals surface area contributed by atoms with E-state index in [2.05, 4.69) is 34.6 Å². The van der Waals surface area contributed by atoms with Crippen molar-refractivity contribution in [2.75, 3.05) is 33.3 Å². The molecule has 6 nitrogen and oxygen atoms in total. The van der Waals surface area contributed by atoms with E-state index in [0.717, 1.165) is 55.0 Å². The van der Waals surface area contributed by atoms with E-state index in [1.165, 1.54) is 12.8 Å². The Hall–Kier alpha value is -2.47. The van der Waals surface area contributed by atoms with Crippen molar-refractivity contribution in [1.29, 1.82) is 0 Å². The lowest BCUT2D eigenvalue weighted by atomic mass is 10.2. The van der Waals surface area contributed by atoms with Crippen molar-refractivity contribution < 1.29 is 9.15 Å². The molecule has 2 aromatic rings. The van der Waals surface area contributed by atoms with Crippen molar-refractivity contribution in [3.63, 3.8) is 0 Å². The largest absolute Gasteiger partial charge is 0.497 e. The van der Waals surface area contributed by atoms with Gasteiger partial charge in [0, 0.05) is 13.1 Å². The van der Waals surface area contributed by atoms with Gasteiger partial charge in [0.15, 0.2) is 5.96 Å². The van der Waals surface area contributed by atoms with Crippen LogP contribution < -0.4 is 15.4 Å². The molecule has 152 valence electrons. The standard InChI is InChI=1S/C22H32N4O2/c1-4-23-22(24-15-18-8-7-9-19(14-18)27-3)25-16-20(26-12-5-6-13-26)21-11-10-17(2)28-21/h7-11,14,20H,4-6,12-13,15-16H2,1-3H3,(H2,23,24,25). The first-order valence-electron chi connectivity index (χ1n) is 10.1. The van der Waals surface area contributed by atoms with Crippen molar-refractivity contribution in [2.45, 2.75) is 39.3 Å². The van der Waals surface area contributed by atoms with E-state index < -0.39 is 0 Å². The van der Waals surface area contributed by atoms with Crippen molar-refractivity contribution in [3.8, 4) is 5.75 Å². The lowest BCUT2D eigenvalue weighted by molar-refractivity contribution is 0.213. The van der Waals surface area contributed by atoms with Gasteiger partial charge >= 0.3 is 0 Å². The first-order chi connectivity index (χ1) is 13.7. The van der Waals surface area contributed by atoms with Gasteiger partial charge in [-0.2, -0.15) is 0 Å². The smallest absolute Gasteiger partial charge is 0.191 e. The molecule has 2 N–H and O–H groups in total. The fourth-order valence-corrected chi connectivity index (χ4v) is 3.57. The molecule has 0 radical (unpaired) electrons. The number of rotatable bonds is 8. The monoisotopic (exact) mass is 384 g/mol. The van der Waals surface area contributed by atoms with E-state index in [1.54, 1.807) is 7.11 Å². The van der Waals surface area contributed by atoms with E-state index in [1.807, 2.05) is 31.2 Å². The molecule has 1 atom stereocenters. The van der Waals surface area contributed by atoms with Gasteiger partial charge in [0.2, 0.25) is 0 Å². The molecule has 1 aromatic carbocycles. The molecular formula is C22H32N4O2. The minimum absolute atomic E-state index is 0.219. The van der Waals surface area contributed by atoms with Gasteiger partial charge in [-0.25, -0.2) is 4.99 Å². The van der Waals surface area contributed by atoms with Crippen LogP contribution in [0.15, 0.2) is 45.8 Å². The van der Waals surface area contributed by atoms with Crippen LogP contribution in [0.5, 0.6) is 5.75 Å². The van der Waals surface area contributed by atoms with Gasteiger partial charge in [0.25, 0.3) is 0 Å². The molecule has 1 aromatic heterocycles. The van der Waals surface area contributed by atoms with Crippen molar-refractivity contribution in [3.05, 3.63) is 53.5 Å². The van der Waals surface area contributed by atoms with Crippen LogP contribution in [0.1, 0.15) is 42.9 Å². The Bertz CT molecular complexity index is 765. The van der Waals surface area contributed by atoms with Gasteiger partial charge in [-0.05, 0) is 69.6 Å². The number of aliphatic imine (C=N–C) groups is 1. The van der Waals surface area contributed by atoms with E-state index in [0.29, 0.717) is 6.54 Å². The summed E-state index contributed by atoms with van der Waals surface area (Å²) >= 11 is 0. The molecule has 1 aliphatic heterocycles. The fraction of sp³-hybridized carbons (Fsp3) is 0.500. The normalized spacial score (nSPS) is 16.2. The van der Waals surface area contributed by atoms with E-state index in [4.69, 9.17) is 14.1 Å². The minimum atomic E-state index is 0.219. The number of aryl methyl sites for hydroxylation is 1. The SMILES string of the molecule is CCNC(=NCc1cccc(OC)c1)NCC(c1ccc(C)o1)N1CCCC1. The zero-order chi connectivity index (χ0) is 19.8. The van der Waals surface area contributed by atoms with Crippen LogP contribution in [0.3, 0.4) is 0 Å². The summed E-state index contributed by atoms with van der Waals surface area (Å²) in [5.74, 6) is 3.65. The number of methoxy groups -OCH3 is 1. The number of guanidine groups is 1. The summed E-state index contributed by atoms with van der Waals surface area (Å²) < 4.78 is 11.2. The first-order valence-corrected chi connectivity index (χ1v) is 10.1. The van der Waals surface area contributed by atoms with Crippen LogP contribution in [0, 0.1) is 6.92 Å². The average Bonchev–Trinajstić information content (AvgIpc) is 3.39. The second kappa shape index (κ2) is 10.2. The molecule has 1 unspecified atom stereocenters. The van der Waals surface area contributed by atoms with Gasteiger partial charge in [-0.1, -0.05) is 12.1 Å². The van der Waals surface area contributed by atoms with E-state index >= 15 is 0 Å². The fourth-order valence-electron chi connectivity index (χ4n) is 3.57. The van der Waals surface area contributed by atoms with Crippen molar-refractivity contribution >= 4 is 5.96 Å². The molecule has 0 spiro atoms. The van der Waals surface area contributed by atoms with Crippen LogP contribution in [0.4, 0.5) is 0 Å². The molecule has 2 heterocycles. The predicted octanol–water partition coefficient (Wildman–Crippen LogP) is 3.49. The second-order valence-corrected chi connectivity index (χ2v) is 7.13. The number of furan rings is 1. The summed E-state index contributed by atoms with van der Waals surface area (Å²) in [5, 5.41) is 6.85. The molecule has 3 rings (SSSR count). The number of likely N-dealkylation sites (tertiary alicyclic amines) is 1. The summed E-state index contributed by atoms with van der Waals surface area (Å²) in [5.41, 5.74) is 1.12. The number of hydrogen-bond acceptors (Lipinski definition) is 4. The summed E-state index contributed by atoms with van der Waals surface area (Å²) in [4.78, 5) is 7.24. The Kier molecular flexibility index (Phi) is 7.37. The molecule has 0 bridgehead atoms. The van der Waals surface area contributed by atoms with Gasteiger partial charge in [-0.15, -0.1) is 0 Å². The number of hydrogen-bond donors (Lipinski definition) is 2. The third-order valence-corrected chi connectivity index (χ3v) is 5.03. The third-order valence-electron chi connectivity index (χ3n) is 5.03. The maximum Gasteiger partial charge on any atom is 0.191 e. The van der Waals surface area contributed by atoms with Gasteiger partial charge in [-0.3, -0.25) is 4.90 Å². The summed E-state index contributed by atoms with van der Waals surface area (Å²) in [6, 6.07) is 12.4. The van der Waals surface area contributed by atoms with Crippen LogP contribution >= 0.6 is 0 Å². The molecule has 0 aliphatic carbocycles. The van der Waals surface area contributed by atoms with Gasteiger partial charge < -0.3 is 19.8 Å². The van der Waals surface area contributed by atoms with Crippen LogP contribution in [-0.4, -0.2) is 44.1 Å². The quantitative estimate of drug-likeness (QED) is 0.539. The average molecular weight is 385 g/mol. The predicted molar refractivity (Wildman–Crippen MR) is 113 cm³/mol. The molecule has 1 fully saturated rings. The highest BCUT2D eigenvalue weighted by atomic mass is 16.5. The molecular weight excluding hydrogens is 352 g/mol. The van der Waals surface area contributed by atoms with E-state index in [-0.39, 0.29) is 6.04 Å². The Labute approximate surface area is 168 Å². The summed E-state index contributed by atoms with van der Waals surface area (Å²) in [7, 11) is 1.68. The molecule has 1 aliphatic rings. The topological polar surface area (TPSA) is 62.0 Å². The Morgan fingerprint density at radius 1 is 1.21 bits per heavy atom. The number of benzene rings is 1. The second-order valence-electron chi connectivity index (χ2n) is 7.13. The van der Waals surface area contributed by atoms with E-state index in [9.17, 15) is 0 Å². The van der Waals surface area contributed by atoms with Crippen molar-refractivity contribution in [1.82, 2.24) is 15.5 Å². The molecule has 1 saturated heterocycles. The van der Waals surface area contributed by atoms with Crippen LogP contribution in [0.2, 0.25) is 0 Å². The summed E-state index contributed by atoms with van der Waals surface area (Å²) in [6.07, 6.45) is 2.50. The van der Waals surface area contributed by atoms with Crippen molar-refractivity contribution in [2.24, 2.45) is 4.99 Å². The molecule has 28 heavy (non-hydrogen) atoms. The zero-order valence-corrected chi connectivity index (χ0v) is 17.2. The number of nitrogens with zero attached hydrogens (tertiary/aromatic N) is 2. The number of ether oxygens (including phenoxy) is 1. The molecule has 0 amide bonds. The molecule has 6 heteroatoms. The highest BCUT2D eigenvalue weighted by molar-refractivity contribution is 5.79. The zero-order valence-electron chi connectivity index (χ0n) is 17.2. The number of nitrogens with one attached hydrogen (secondary N) is 2. The Morgan fingerprint density at radius 3 is 2.71 bits per heavy atom. The van der Waals surface area contributed by atoms with Crippen LogP contribution in [0.25, 0.3) is 0 Å². The van der Waals surface area contributed by atoms with Gasteiger partial charge in [0.1, 0.15) is 17.3 Å². The third kappa shape index (κ3) is 5.52. The highest BCUT2D eigenvalue weighted by Crippen LogP contribution is 2.26. The Balaban J connectivity index is 1.67. The first kappa shape index (κ1) is 20.3.